The lowest BCUT2D eigenvalue weighted by atomic mass is 10.1. The smallest absolute Gasteiger partial charge is 0.0934 e. The first kappa shape index (κ1) is 8.92. The molecular formula is C7H15O2. The number of aliphatic hydroxyl groups is 2. The summed E-state index contributed by atoms with van der Waals surface area (Å²) in [6, 6.07) is 0. The minimum atomic E-state index is 0.174. The summed E-state index contributed by atoms with van der Waals surface area (Å²) in [5.74, 6) is 0. The Morgan fingerprint density at radius 3 is 2.44 bits per heavy atom. The summed E-state index contributed by atoms with van der Waals surface area (Å²) >= 11 is 0. The predicted octanol–water partition coefficient (Wildman–Crippen LogP) is 1.46. The van der Waals surface area contributed by atoms with Crippen LogP contribution in [0.15, 0.2) is 0 Å². The second-order valence-electron chi connectivity index (χ2n) is 2.14. The van der Waals surface area contributed by atoms with Crippen LogP contribution in [0.5, 0.6) is 0 Å². The summed E-state index contributed by atoms with van der Waals surface area (Å²) in [5, 5.41) is 17.3. The zero-order chi connectivity index (χ0) is 7.11. The van der Waals surface area contributed by atoms with Crippen molar-refractivity contribution in [2.75, 3.05) is 6.61 Å². The Hall–Kier alpha value is -0.0800. The van der Waals surface area contributed by atoms with E-state index in [0.717, 1.165) is 12.8 Å². The summed E-state index contributed by atoms with van der Waals surface area (Å²) in [6.45, 7) is 2.20. The molecule has 2 nitrogen and oxygen atoms in total. The summed E-state index contributed by atoms with van der Waals surface area (Å²) in [4.78, 5) is 0. The second-order valence-corrected chi connectivity index (χ2v) is 2.14. The first-order chi connectivity index (χ1) is 4.31. The molecule has 0 aliphatic carbocycles. The molecule has 2 heteroatoms. The van der Waals surface area contributed by atoms with Crippen LogP contribution < -0.4 is 0 Å². The molecule has 0 bridgehead atoms. The van der Waals surface area contributed by atoms with Crippen molar-refractivity contribution in [2.45, 2.75) is 32.6 Å². The van der Waals surface area contributed by atoms with Crippen LogP contribution in [0.2, 0.25) is 0 Å². The molecule has 9 heavy (non-hydrogen) atoms. The van der Waals surface area contributed by atoms with Gasteiger partial charge < -0.3 is 10.2 Å². The molecule has 1 radical (unpaired) electrons. The highest BCUT2D eigenvalue weighted by Gasteiger charge is 2.01. The zero-order valence-corrected chi connectivity index (χ0v) is 5.93. The van der Waals surface area contributed by atoms with Gasteiger partial charge in [-0.3, -0.25) is 0 Å². The lowest BCUT2D eigenvalue weighted by Gasteiger charge is -2.04. The van der Waals surface area contributed by atoms with Crippen molar-refractivity contribution in [2.24, 2.45) is 0 Å². The molecule has 0 rings (SSSR count). The molecule has 0 heterocycles. The van der Waals surface area contributed by atoms with Crippen molar-refractivity contribution >= 4 is 0 Å². The van der Waals surface area contributed by atoms with Gasteiger partial charge >= 0.3 is 0 Å². The quantitative estimate of drug-likeness (QED) is 0.593. The fraction of sp³-hybridized carbons (Fsp3) is 0.857. The van der Waals surface area contributed by atoms with Crippen molar-refractivity contribution < 1.29 is 10.2 Å². The molecule has 0 aromatic carbocycles. The van der Waals surface area contributed by atoms with Crippen LogP contribution in [-0.2, 0) is 0 Å². The van der Waals surface area contributed by atoms with Crippen molar-refractivity contribution in [1.82, 2.24) is 0 Å². The Morgan fingerprint density at radius 1 is 1.33 bits per heavy atom. The van der Waals surface area contributed by atoms with E-state index < -0.39 is 0 Å². The normalized spacial score (nSPS) is 10.7. The van der Waals surface area contributed by atoms with Gasteiger partial charge in [-0.05, 0) is 19.3 Å². The third-order valence-corrected chi connectivity index (χ3v) is 1.16. The monoisotopic (exact) mass is 131 g/mol. The third kappa shape index (κ3) is 5.80. The average molecular weight is 131 g/mol. The van der Waals surface area contributed by atoms with Crippen molar-refractivity contribution in [3.63, 3.8) is 0 Å². The van der Waals surface area contributed by atoms with Crippen molar-refractivity contribution in [1.29, 1.82) is 0 Å². The maximum absolute atomic E-state index is 8.99. The topological polar surface area (TPSA) is 40.5 Å². The summed E-state index contributed by atoms with van der Waals surface area (Å²) < 4.78 is 0. The van der Waals surface area contributed by atoms with Gasteiger partial charge in [0.1, 0.15) is 0 Å². The van der Waals surface area contributed by atoms with E-state index in [1.165, 1.54) is 0 Å². The van der Waals surface area contributed by atoms with E-state index in [-0.39, 0.29) is 6.61 Å². The molecule has 0 aromatic rings. The van der Waals surface area contributed by atoms with Gasteiger partial charge in [0, 0.05) is 6.61 Å². The maximum Gasteiger partial charge on any atom is 0.0934 e. The average Bonchev–Trinajstić information content (AvgIpc) is 1.85. The highest BCUT2D eigenvalue weighted by atomic mass is 16.3. The molecule has 0 unspecified atom stereocenters. The van der Waals surface area contributed by atoms with Gasteiger partial charge in [0.05, 0.1) is 6.10 Å². The van der Waals surface area contributed by atoms with Gasteiger partial charge in [0.25, 0.3) is 0 Å². The Kier molecular flexibility index (Phi) is 5.99. The van der Waals surface area contributed by atoms with Gasteiger partial charge in [-0.2, -0.15) is 0 Å². The van der Waals surface area contributed by atoms with E-state index >= 15 is 0 Å². The highest BCUT2D eigenvalue weighted by molar-refractivity contribution is 4.73. The van der Waals surface area contributed by atoms with Crippen molar-refractivity contribution in [3.05, 3.63) is 6.10 Å². The minimum absolute atomic E-state index is 0.174. The van der Waals surface area contributed by atoms with Gasteiger partial charge in [-0.1, -0.05) is 13.3 Å². The Balaban J connectivity index is 2.95. The van der Waals surface area contributed by atoms with Gasteiger partial charge in [0.2, 0.25) is 0 Å². The fourth-order valence-electron chi connectivity index (χ4n) is 0.697. The Morgan fingerprint density at radius 2 is 2.00 bits per heavy atom. The van der Waals surface area contributed by atoms with Crippen LogP contribution >= 0.6 is 0 Å². The van der Waals surface area contributed by atoms with E-state index in [0.29, 0.717) is 18.9 Å². The van der Waals surface area contributed by atoms with Gasteiger partial charge in [-0.15, -0.1) is 0 Å². The molecule has 0 saturated carbocycles. The van der Waals surface area contributed by atoms with Gasteiger partial charge in [-0.25, -0.2) is 0 Å². The van der Waals surface area contributed by atoms with E-state index in [2.05, 4.69) is 0 Å². The number of hydrogen-bond donors (Lipinski definition) is 2. The highest BCUT2D eigenvalue weighted by Crippen LogP contribution is 2.10. The number of rotatable bonds is 5. The van der Waals surface area contributed by atoms with Crippen LogP contribution in [-0.4, -0.2) is 16.8 Å². The Bertz CT molecular complexity index is 54.9. The molecule has 55 valence electrons. The number of aliphatic hydroxyl groups excluding tert-OH is 2. The van der Waals surface area contributed by atoms with Crippen molar-refractivity contribution in [3.8, 4) is 0 Å². The summed E-state index contributed by atoms with van der Waals surface area (Å²) in [6.07, 6.45) is 3.62. The molecule has 2 N–H and O–H groups in total. The molecule has 0 spiro atoms. The molecular weight excluding hydrogens is 116 g/mol. The lowest BCUT2D eigenvalue weighted by Crippen LogP contribution is -1.96. The van der Waals surface area contributed by atoms with E-state index in [1.54, 1.807) is 0 Å². The van der Waals surface area contributed by atoms with Crippen LogP contribution in [0.25, 0.3) is 0 Å². The third-order valence-electron chi connectivity index (χ3n) is 1.16. The van der Waals surface area contributed by atoms with Crippen LogP contribution in [0.3, 0.4) is 0 Å². The van der Waals surface area contributed by atoms with Crippen LogP contribution in [0.4, 0.5) is 0 Å². The van der Waals surface area contributed by atoms with Crippen LogP contribution in [0.1, 0.15) is 32.6 Å². The standard InChI is InChI=1S/C7H15O2/c1-2-4-7(9)5-3-6-8/h8-9H,2-6H2,1H3. The molecule has 0 aliphatic rings. The predicted molar refractivity (Wildman–Crippen MR) is 36.4 cm³/mol. The molecule has 0 atom stereocenters. The van der Waals surface area contributed by atoms with E-state index in [1.807, 2.05) is 6.92 Å². The molecule has 0 amide bonds. The van der Waals surface area contributed by atoms with E-state index in [9.17, 15) is 0 Å². The number of hydrogen-bond acceptors (Lipinski definition) is 2. The summed E-state index contributed by atoms with van der Waals surface area (Å²) in [5.41, 5.74) is 0. The minimum Gasteiger partial charge on any atom is -0.396 e. The van der Waals surface area contributed by atoms with Crippen LogP contribution in [0, 0.1) is 6.10 Å². The molecule has 0 aromatic heterocycles. The first-order valence-electron chi connectivity index (χ1n) is 3.45. The van der Waals surface area contributed by atoms with E-state index in [4.69, 9.17) is 10.2 Å². The molecule has 0 saturated heterocycles. The second kappa shape index (κ2) is 6.05. The molecule has 0 fully saturated rings. The maximum atomic E-state index is 8.99. The first-order valence-corrected chi connectivity index (χ1v) is 3.45. The van der Waals surface area contributed by atoms with Gasteiger partial charge in [0.15, 0.2) is 0 Å². The molecule has 0 aliphatic heterocycles. The zero-order valence-electron chi connectivity index (χ0n) is 5.93. The summed E-state index contributed by atoms with van der Waals surface area (Å²) in [7, 11) is 0. The lowest BCUT2D eigenvalue weighted by molar-refractivity contribution is 0.231. The Labute approximate surface area is 56.5 Å². The SMILES string of the molecule is CCC[C](O)CCCO. The fourth-order valence-corrected chi connectivity index (χ4v) is 0.697. The largest absolute Gasteiger partial charge is 0.396 e.